The van der Waals surface area contributed by atoms with Crippen molar-refractivity contribution in [2.45, 2.75) is 44.4 Å². The Morgan fingerprint density at radius 2 is 2.00 bits per heavy atom. The van der Waals surface area contributed by atoms with E-state index in [4.69, 9.17) is 0 Å². The molecule has 0 unspecified atom stereocenters. The molecule has 112 valence electrons. The van der Waals surface area contributed by atoms with Gasteiger partial charge < -0.3 is 5.32 Å². The molecule has 2 aliphatic rings. The van der Waals surface area contributed by atoms with Gasteiger partial charge in [-0.05, 0) is 57.5 Å². The molecule has 4 rings (SSSR count). The van der Waals surface area contributed by atoms with E-state index in [2.05, 4.69) is 15.4 Å². The Labute approximate surface area is 123 Å². The highest BCUT2D eigenvalue weighted by Gasteiger charge is 2.26. The minimum Gasteiger partial charge on any atom is -0.317 e. The fraction of sp³-hybridized carbons (Fsp3) is 0.625. The summed E-state index contributed by atoms with van der Waals surface area (Å²) in [4.78, 5) is 16.9. The second-order valence-corrected chi connectivity index (χ2v) is 6.50. The van der Waals surface area contributed by atoms with Crippen LogP contribution in [0.3, 0.4) is 0 Å². The Hall–Kier alpha value is -1.62. The first-order valence-electron chi connectivity index (χ1n) is 8.12. The van der Waals surface area contributed by atoms with Crippen LogP contribution in [0.25, 0.3) is 5.65 Å². The molecule has 1 saturated heterocycles. The average Bonchev–Trinajstić information content (AvgIpc) is 3.26. The third-order valence-electron chi connectivity index (χ3n) is 4.81. The molecule has 3 heterocycles. The van der Waals surface area contributed by atoms with Gasteiger partial charge in [0.1, 0.15) is 0 Å². The molecule has 0 radical (unpaired) electrons. The molecule has 1 aliphatic heterocycles. The number of hydrogen-bond donors (Lipinski definition) is 2. The molecule has 1 aliphatic carbocycles. The second kappa shape index (κ2) is 5.30. The van der Waals surface area contributed by atoms with Crippen molar-refractivity contribution in [3.05, 3.63) is 33.9 Å². The van der Waals surface area contributed by atoms with Gasteiger partial charge in [0, 0.05) is 29.4 Å². The quantitative estimate of drug-likeness (QED) is 0.901. The van der Waals surface area contributed by atoms with Gasteiger partial charge in [0.2, 0.25) is 0 Å². The number of H-pyrrole nitrogens is 1. The molecular weight excluding hydrogens is 264 g/mol. The van der Waals surface area contributed by atoms with Crippen LogP contribution in [0.4, 0.5) is 0 Å². The van der Waals surface area contributed by atoms with E-state index >= 15 is 0 Å². The lowest BCUT2D eigenvalue weighted by atomic mass is 9.92. The van der Waals surface area contributed by atoms with Crippen LogP contribution < -0.4 is 10.9 Å². The number of nitrogens with zero attached hydrogens (tertiary/aromatic N) is 2. The maximum Gasteiger partial charge on any atom is 0.272 e. The van der Waals surface area contributed by atoms with Crippen molar-refractivity contribution in [2.75, 3.05) is 13.1 Å². The molecule has 0 aromatic carbocycles. The molecule has 0 amide bonds. The van der Waals surface area contributed by atoms with Crippen LogP contribution in [-0.2, 0) is 6.42 Å². The Bertz CT molecular complexity index is 692. The number of aromatic amines is 1. The SMILES string of the molecule is O=c1cc(CCC2CCNCC2)nc2cc(C3CC3)[nH]n12. The number of fused-ring (bicyclic) bond motifs is 1. The van der Waals surface area contributed by atoms with Crippen molar-refractivity contribution in [2.24, 2.45) is 5.92 Å². The Morgan fingerprint density at radius 3 is 2.76 bits per heavy atom. The van der Waals surface area contributed by atoms with Crippen LogP contribution in [0, 0.1) is 5.92 Å². The van der Waals surface area contributed by atoms with Gasteiger partial charge in [0.25, 0.3) is 5.56 Å². The van der Waals surface area contributed by atoms with Crippen molar-refractivity contribution in [1.82, 2.24) is 19.9 Å². The topological polar surface area (TPSA) is 62.2 Å². The highest BCUT2D eigenvalue weighted by Crippen LogP contribution is 2.39. The van der Waals surface area contributed by atoms with E-state index in [1.54, 1.807) is 10.6 Å². The van der Waals surface area contributed by atoms with Crippen LogP contribution in [0.5, 0.6) is 0 Å². The van der Waals surface area contributed by atoms with E-state index in [1.807, 2.05) is 6.07 Å². The summed E-state index contributed by atoms with van der Waals surface area (Å²) in [7, 11) is 0. The molecule has 1 saturated carbocycles. The zero-order chi connectivity index (χ0) is 14.2. The third kappa shape index (κ3) is 2.75. The van der Waals surface area contributed by atoms with Crippen LogP contribution in [0.1, 0.15) is 49.4 Å². The van der Waals surface area contributed by atoms with Crippen LogP contribution >= 0.6 is 0 Å². The number of hydrogen-bond acceptors (Lipinski definition) is 3. The van der Waals surface area contributed by atoms with Gasteiger partial charge in [-0.2, -0.15) is 0 Å². The fourth-order valence-corrected chi connectivity index (χ4v) is 3.31. The smallest absolute Gasteiger partial charge is 0.272 e. The molecule has 2 aromatic rings. The van der Waals surface area contributed by atoms with E-state index in [9.17, 15) is 4.79 Å². The minimum atomic E-state index is 0.0206. The number of piperidine rings is 1. The standard InChI is InChI=1S/C16H22N4O/c21-16-9-13(4-1-11-5-7-17-8-6-11)18-15-10-14(12-2-3-12)19-20(15)16/h9-12,17,19H,1-8H2. The van der Waals surface area contributed by atoms with Crippen molar-refractivity contribution >= 4 is 5.65 Å². The highest BCUT2D eigenvalue weighted by molar-refractivity contribution is 5.41. The van der Waals surface area contributed by atoms with E-state index in [0.717, 1.165) is 48.9 Å². The second-order valence-electron chi connectivity index (χ2n) is 6.50. The predicted molar refractivity (Wildman–Crippen MR) is 81.7 cm³/mol. The normalized spacial score (nSPS) is 20.2. The molecule has 5 nitrogen and oxygen atoms in total. The first-order chi connectivity index (χ1) is 10.3. The minimum absolute atomic E-state index is 0.0206. The summed E-state index contributed by atoms with van der Waals surface area (Å²) in [6, 6.07) is 3.74. The number of aromatic nitrogens is 3. The van der Waals surface area contributed by atoms with Crippen molar-refractivity contribution in [3.63, 3.8) is 0 Å². The Balaban J connectivity index is 1.53. The molecular formula is C16H22N4O. The van der Waals surface area contributed by atoms with Crippen LogP contribution in [-0.4, -0.2) is 27.7 Å². The maximum atomic E-state index is 12.2. The van der Waals surface area contributed by atoms with E-state index in [-0.39, 0.29) is 5.56 Å². The molecule has 0 atom stereocenters. The summed E-state index contributed by atoms with van der Waals surface area (Å²) < 4.78 is 1.59. The van der Waals surface area contributed by atoms with Gasteiger partial charge >= 0.3 is 0 Å². The largest absolute Gasteiger partial charge is 0.317 e. The average molecular weight is 286 g/mol. The summed E-state index contributed by atoms with van der Waals surface area (Å²) in [5.41, 5.74) is 2.91. The van der Waals surface area contributed by atoms with Crippen molar-refractivity contribution in [3.8, 4) is 0 Å². The lowest BCUT2D eigenvalue weighted by Crippen LogP contribution is -2.28. The van der Waals surface area contributed by atoms with Gasteiger partial charge in [-0.3, -0.25) is 9.89 Å². The summed E-state index contributed by atoms with van der Waals surface area (Å²) in [5.74, 6) is 1.39. The number of rotatable bonds is 4. The monoisotopic (exact) mass is 286 g/mol. The Morgan fingerprint density at radius 1 is 1.19 bits per heavy atom. The lowest BCUT2D eigenvalue weighted by molar-refractivity contribution is 0.353. The van der Waals surface area contributed by atoms with Crippen LogP contribution in [0.2, 0.25) is 0 Å². The zero-order valence-corrected chi connectivity index (χ0v) is 12.3. The van der Waals surface area contributed by atoms with Gasteiger partial charge in [-0.15, -0.1) is 0 Å². The van der Waals surface area contributed by atoms with Gasteiger partial charge in [-0.1, -0.05) is 0 Å². The summed E-state index contributed by atoms with van der Waals surface area (Å²) in [5, 5.41) is 6.58. The highest BCUT2D eigenvalue weighted by atomic mass is 16.1. The first kappa shape index (κ1) is 13.1. The molecule has 0 bridgehead atoms. The molecule has 5 heteroatoms. The summed E-state index contributed by atoms with van der Waals surface area (Å²) in [6.07, 6.45) is 7.01. The third-order valence-corrected chi connectivity index (χ3v) is 4.81. The zero-order valence-electron chi connectivity index (χ0n) is 12.3. The summed E-state index contributed by atoms with van der Waals surface area (Å²) in [6.45, 7) is 2.25. The number of aryl methyl sites for hydroxylation is 1. The van der Waals surface area contributed by atoms with Gasteiger partial charge in [0.05, 0.1) is 0 Å². The molecule has 2 aromatic heterocycles. The van der Waals surface area contributed by atoms with Crippen molar-refractivity contribution in [1.29, 1.82) is 0 Å². The van der Waals surface area contributed by atoms with Gasteiger partial charge in [0.15, 0.2) is 5.65 Å². The Kier molecular flexibility index (Phi) is 3.30. The molecule has 2 fully saturated rings. The first-order valence-corrected chi connectivity index (χ1v) is 8.12. The molecule has 21 heavy (non-hydrogen) atoms. The molecule has 2 N–H and O–H groups in total. The lowest BCUT2D eigenvalue weighted by Gasteiger charge is -2.22. The fourth-order valence-electron chi connectivity index (χ4n) is 3.31. The maximum absolute atomic E-state index is 12.2. The summed E-state index contributed by atoms with van der Waals surface area (Å²) >= 11 is 0. The van der Waals surface area contributed by atoms with E-state index in [1.165, 1.54) is 25.7 Å². The number of nitrogens with one attached hydrogen (secondary N) is 2. The predicted octanol–water partition coefficient (Wildman–Crippen LogP) is 1.83. The van der Waals surface area contributed by atoms with E-state index < -0.39 is 0 Å². The van der Waals surface area contributed by atoms with Crippen LogP contribution in [0.15, 0.2) is 16.9 Å². The van der Waals surface area contributed by atoms with Crippen molar-refractivity contribution < 1.29 is 0 Å². The van der Waals surface area contributed by atoms with E-state index in [0.29, 0.717) is 5.92 Å². The van der Waals surface area contributed by atoms with Gasteiger partial charge in [-0.25, -0.2) is 9.50 Å². The molecule has 0 spiro atoms.